The van der Waals surface area contributed by atoms with E-state index < -0.39 is 53.9 Å². The van der Waals surface area contributed by atoms with Crippen molar-refractivity contribution in [2.45, 2.75) is 24.0 Å². The number of carboxylic acid groups (broad SMARTS) is 1. The zero-order valence-corrected chi connectivity index (χ0v) is 12.6. The number of carboxylic acids is 1. The fourth-order valence-corrected chi connectivity index (χ4v) is 1.42. The Kier molecular flexibility index (Phi) is 8.22. The summed E-state index contributed by atoms with van der Waals surface area (Å²) in [6.45, 7) is -0.855. The summed E-state index contributed by atoms with van der Waals surface area (Å²) in [5.74, 6) is -3.33. The molecule has 12 heteroatoms. The maximum absolute atomic E-state index is 10.3. The van der Waals surface area contributed by atoms with E-state index in [2.05, 4.69) is 0 Å². The maximum Gasteiger partial charge on any atom is 0.335 e. The molecular formula is C13H19NO11. The number of aromatic carboxylic acids is 1. The first-order valence-electron chi connectivity index (χ1n) is 6.49. The van der Waals surface area contributed by atoms with Gasteiger partial charge >= 0.3 is 5.97 Å². The highest BCUT2D eigenvalue weighted by atomic mass is 16.4. The van der Waals surface area contributed by atoms with Gasteiger partial charge in [0.1, 0.15) is 12.2 Å². The average molecular weight is 365 g/mol. The Morgan fingerprint density at radius 1 is 1.16 bits per heavy atom. The number of hydrogen-bond donors (Lipinski definition) is 10. The molecule has 0 heterocycles. The van der Waals surface area contributed by atoms with Gasteiger partial charge in [0, 0.05) is 0 Å². The van der Waals surface area contributed by atoms with E-state index in [1.165, 1.54) is 0 Å². The SMILES string of the molecule is N[C@@](O)(C(O)C=O)C(O)C(O)CO.O=C(O)c1cc(O)c(O)c(O)c1. The third kappa shape index (κ3) is 5.82. The summed E-state index contributed by atoms with van der Waals surface area (Å²) in [4.78, 5) is 20.3. The Morgan fingerprint density at radius 3 is 1.92 bits per heavy atom. The molecular weight excluding hydrogens is 346 g/mol. The van der Waals surface area contributed by atoms with Crippen LogP contribution in [0.1, 0.15) is 10.4 Å². The van der Waals surface area contributed by atoms with Gasteiger partial charge in [-0.15, -0.1) is 0 Å². The van der Waals surface area contributed by atoms with Crippen LogP contribution in [0.5, 0.6) is 17.2 Å². The Labute approximate surface area is 140 Å². The van der Waals surface area contributed by atoms with E-state index >= 15 is 0 Å². The van der Waals surface area contributed by atoms with Gasteiger partial charge in [0.05, 0.1) is 12.2 Å². The molecule has 11 N–H and O–H groups in total. The highest BCUT2D eigenvalue weighted by Crippen LogP contribution is 2.35. The van der Waals surface area contributed by atoms with Gasteiger partial charge < -0.3 is 50.8 Å². The number of carbonyl (C=O) groups excluding carboxylic acids is 1. The number of aldehydes is 1. The second kappa shape index (κ2) is 9.12. The van der Waals surface area contributed by atoms with Gasteiger partial charge in [-0.25, -0.2) is 4.79 Å². The van der Waals surface area contributed by atoms with Gasteiger partial charge in [0.2, 0.25) is 0 Å². The van der Waals surface area contributed by atoms with Crippen LogP contribution in [0.3, 0.4) is 0 Å². The molecule has 0 aliphatic rings. The lowest BCUT2D eigenvalue weighted by Crippen LogP contribution is -2.64. The number of carbonyl (C=O) groups is 2. The van der Waals surface area contributed by atoms with Crippen LogP contribution >= 0.6 is 0 Å². The second-order valence-corrected chi connectivity index (χ2v) is 4.83. The van der Waals surface area contributed by atoms with E-state index in [1.807, 2.05) is 0 Å². The highest BCUT2D eigenvalue weighted by Gasteiger charge is 2.42. The van der Waals surface area contributed by atoms with Crippen molar-refractivity contribution in [2.75, 3.05) is 6.61 Å². The van der Waals surface area contributed by atoms with Gasteiger partial charge in [0.25, 0.3) is 0 Å². The van der Waals surface area contributed by atoms with Crippen molar-refractivity contribution in [3.8, 4) is 17.2 Å². The summed E-state index contributed by atoms with van der Waals surface area (Å²) in [5, 5.41) is 79.1. The first-order valence-corrected chi connectivity index (χ1v) is 6.49. The standard InChI is InChI=1S/C7H6O5.C6H13NO6/c8-4-1-3(7(11)12)2-5(9)6(4)10;7-6(13,4(11)2-9)5(12)3(10)1-8/h1-2,8-10H,(H,11,12);2-5,8,10-13H,1,7H2/t;3?,4?,5?,6-/m.1/s1. The first kappa shape index (κ1) is 22.5. The van der Waals surface area contributed by atoms with Crippen molar-refractivity contribution in [2.24, 2.45) is 5.73 Å². The van der Waals surface area contributed by atoms with Crippen molar-refractivity contribution in [1.82, 2.24) is 0 Å². The molecule has 0 amide bonds. The van der Waals surface area contributed by atoms with Crippen LogP contribution in [0, 0.1) is 0 Å². The van der Waals surface area contributed by atoms with Crippen LogP contribution in [0.4, 0.5) is 0 Å². The summed E-state index contributed by atoms with van der Waals surface area (Å²) in [5.41, 5.74) is 1.98. The molecule has 0 aromatic heterocycles. The molecule has 1 rings (SSSR count). The van der Waals surface area contributed by atoms with Crippen molar-refractivity contribution >= 4 is 12.3 Å². The number of aliphatic hydroxyl groups excluding tert-OH is 4. The van der Waals surface area contributed by atoms with Crippen molar-refractivity contribution in [3.05, 3.63) is 17.7 Å². The minimum Gasteiger partial charge on any atom is -0.504 e. The Morgan fingerprint density at radius 2 is 1.60 bits per heavy atom. The lowest BCUT2D eigenvalue weighted by atomic mass is 9.97. The Hall–Kier alpha value is -2.48. The van der Waals surface area contributed by atoms with Gasteiger partial charge in [-0.3, -0.25) is 5.73 Å². The number of phenols is 3. The number of phenolic OH excluding ortho intramolecular Hbond substituents is 3. The van der Waals surface area contributed by atoms with Crippen LogP contribution in [0.25, 0.3) is 0 Å². The molecule has 0 radical (unpaired) electrons. The van der Waals surface area contributed by atoms with Crippen molar-refractivity contribution < 1.29 is 55.5 Å². The van der Waals surface area contributed by atoms with E-state index in [0.29, 0.717) is 0 Å². The lowest BCUT2D eigenvalue weighted by molar-refractivity contribution is -0.178. The number of rotatable bonds is 6. The lowest BCUT2D eigenvalue weighted by Gasteiger charge is -2.32. The molecule has 0 fully saturated rings. The molecule has 1 aromatic rings. The molecule has 0 saturated heterocycles. The van der Waals surface area contributed by atoms with Crippen LogP contribution in [0.15, 0.2) is 12.1 Å². The highest BCUT2D eigenvalue weighted by molar-refractivity contribution is 5.89. The van der Waals surface area contributed by atoms with E-state index in [1.54, 1.807) is 0 Å². The fraction of sp³-hybridized carbons (Fsp3) is 0.385. The van der Waals surface area contributed by atoms with Crippen LogP contribution < -0.4 is 5.73 Å². The summed E-state index contributed by atoms with van der Waals surface area (Å²) in [6, 6.07) is 1.69. The summed E-state index contributed by atoms with van der Waals surface area (Å²) in [7, 11) is 0. The van der Waals surface area contributed by atoms with Crippen molar-refractivity contribution in [1.29, 1.82) is 0 Å². The molecule has 142 valence electrons. The molecule has 25 heavy (non-hydrogen) atoms. The molecule has 0 saturated carbocycles. The summed E-state index contributed by atoms with van der Waals surface area (Å²) in [6.07, 6.45) is -5.88. The van der Waals surface area contributed by atoms with E-state index in [0.717, 1.165) is 12.1 Å². The molecule has 0 bridgehead atoms. The minimum absolute atomic E-state index is 0.0900. The predicted octanol–water partition coefficient (Wildman–Crippen LogP) is -3.59. The number of benzene rings is 1. The molecule has 3 unspecified atom stereocenters. The van der Waals surface area contributed by atoms with Gasteiger partial charge in [0.15, 0.2) is 35.4 Å². The van der Waals surface area contributed by atoms with E-state index in [9.17, 15) is 9.59 Å². The quantitative estimate of drug-likeness (QED) is 0.133. The molecule has 0 spiro atoms. The number of nitrogens with two attached hydrogens (primary N) is 1. The van der Waals surface area contributed by atoms with Crippen LogP contribution in [0.2, 0.25) is 0 Å². The monoisotopic (exact) mass is 365 g/mol. The van der Waals surface area contributed by atoms with Crippen LogP contribution in [-0.2, 0) is 4.79 Å². The van der Waals surface area contributed by atoms with Crippen molar-refractivity contribution in [3.63, 3.8) is 0 Å². The number of aliphatic hydroxyl groups is 5. The van der Waals surface area contributed by atoms with Crippen LogP contribution in [-0.4, -0.2) is 88.9 Å². The Balaban J connectivity index is 0.000000462. The number of aromatic hydroxyl groups is 3. The molecule has 0 aliphatic heterocycles. The van der Waals surface area contributed by atoms with Gasteiger partial charge in [-0.1, -0.05) is 0 Å². The topological polar surface area (TPSA) is 242 Å². The summed E-state index contributed by atoms with van der Waals surface area (Å²) >= 11 is 0. The normalized spacial score (nSPS) is 16.6. The molecule has 12 nitrogen and oxygen atoms in total. The Bertz CT molecular complexity index is 581. The predicted molar refractivity (Wildman–Crippen MR) is 78.7 cm³/mol. The molecule has 0 aliphatic carbocycles. The van der Waals surface area contributed by atoms with Gasteiger partial charge in [-0.2, -0.15) is 0 Å². The van der Waals surface area contributed by atoms with E-state index in [-0.39, 0.29) is 11.8 Å². The molecule has 4 atom stereocenters. The average Bonchev–Trinajstić information content (AvgIpc) is 2.57. The van der Waals surface area contributed by atoms with Gasteiger partial charge in [-0.05, 0) is 12.1 Å². The zero-order valence-electron chi connectivity index (χ0n) is 12.6. The summed E-state index contributed by atoms with van der Waals surface area (Å²) < 4.78 is 0. The first-order chi connectivity index (χ1) is 11.4. The third-order valence-electron chi connectivity index (χ3n) is 2.94. The second-order valence-electron chi connectivity index (χ2n) is 4.83. The minimum atomic E-state index is -2.68. The smallest absolute Gasteiger partial charge is 0.335 e. The fourth-order valence-electron chi connectivity index (χ4n) is 1.42. The molecule has 1 aromatic carbocycles. The van der Waals surface area contributed by atoms with E-state index in [4.69, 9.17) is 51.7 Å². The third-order valence-corrected chi connectivity index (χ3v) is 2.94. The maximum atomic E-state index is 10.3. The number of hydrogen-bond acceptors (Lipinski definition) is 11. The zero-order chi connectivity index (χ0) is 19.9. The largest absolute Gasteiger partial charge is 0.504 e.